The van der Waals surface area contributed by atoms with Gasteiger partial charge in [-0.05, 0) is 37.7 Å². The molecule has 0 fully saturated rings. The Labute approximate surface area is 97.6 Å². The molecule has 4 heteroatoms. The van der Waals surface area contributed by atoms with Crippen molar-refractivity contribution >= 4 is 17.7 Å². The van der Waals surface area contributed by atoms with Gasteiger partial charge in [-0.1, -0.05) is 13.8 Å². The van der Waals surface area contributed by atoms with Crippen molar-refractivity contribution < 1.29 is 4.79 Å². The van der Waals surface area contributed by atoms with Crippen molar-refractivity contribution in [3.8, 4) is 0 Å². The van der Waals surface area contributed by atoms with Crippen LogP contribution in [-0.4, -0.2) is 30.0 Å². The van der Waals surface area contributed by atoms with Gasteiger partial charge in [0.05, 0.1) is 6.04 Å². The molecule has 0 rings (SSSR count). The molecule has 0 saturated carbocycles. The number of hydrogen-bond acceptors (Lipinski definition) is 3. The Hall–Kier alpha value is -0.220. The van der Waals surface area contributed by atoms with E-state index in [-0.39, 0.29) is 18.0 Å². The van der Waals surface area contributed by atoms with Crippen molar-refractivity contribution in [1.29, 1.82) is 0 Å². The van der Waals surface area contributed by atoms with Crippen LogP contribution in [0.4, 0.5) is 0 Å². The monoisotopic (exact) mass is 232 g/mol. The highest BCUT2D eigenvalue weighted by molar-refractivity contribution is 7.98. The molecule has 0 aliphatic heterocycles. The van der Waals surface area contributed by atoms with Crippen molar-refractivity contribution in [3.63, 3.8) is 0 Å². The fraction of sp³-hybridized carbons (Fsp3) is 0.909. The van der Waals surface area contributed by atoms with Gasteiger partial charge in [-0.3, -0.25) is 4.79 Å². The van der Waals surface area contributed by atoms with Crippen molar-refractivity contribution in [2.75, 3.05) is 12.0 Å². The highest BCUT2D eigenvalue weighted by Gasteiger charge is 2.16. The summed E-state index contributed by atoms with van der Waals surface area (Å²) in [4.78, 5) is 11.6. The molecule has 1 amide bonds. The first-order valence-electron chi connectivity index (χ1n) is 5.52. The molecule has 0 aliphatic carbocycles. The van der Waals surface area contributed by atoms with E-state index in [0.717, 1.165) is 18.6 Å². The van der Waals surface area contributed by atoms with E-state index >= 15 is 0 Å². The smallest absolute Gasteiger partial charge is 0.237 e. The summed E-state index contributed by atoms with van der Waals surface area (Å²) in [5.74, 6) is 1.52. The second-order valence-electron chi connectivity index (χ2n) is 4.43. The molecule has 15 heavy (non-hydrogen) atoms. The maximum atomic E-state index is 11.6. The molecule has 0 radical (unpaired) electrons. The zero-order chi connectivity index (χ0) is 11.8. The largest absolute Gasteiger partial charge is 0.352 e. The van der Waals surface area contributed by atoms with Gasteiger partial charge in [-0.15, -0.1) is 0 Å². The summed E-state index contributed by atoms with van der Waals surface area (Å²) in [6.45, 7) is 6.17. The van der Waals surface area contributed by atoms with E-state index in [1.807, 2.05) is 6.92 Å². The lowest BCUT2D eigenvalue weighted by Gasteiger charge is -2.18. The number of thioether (sulfide) groups is 1. The molecule has 2 atom stereocenters. The van der Waals surface area contributed by atoms with Crippen LogP contribution >= 0.6 is 11.8 Å². The van der Waals surface area contributed by atoms with E-state index in [4.69, 9.17) is 5.73 Å². The molecular formula is C11H24N2OS. The van der Waals surface area contributed by atoms with Gasteiger partial charge < -0.3 is 11.1 Å². The van der Waals surface area contributed by atoms with Crippen molar-refractivity contribution in [1.82, 2.24) is 5.32 Å². The summed E-state index contributed by atoms with van der Waals surface area (Å²) >= 11 is 1.79. The predicted octanol–water partition coefficient (Wildman–Crippen LogP) is 1.62. The van der Waals surface area contributed by atoms with Gasteiger partial charge in [0.25, 0.3) is 0 Å². The SMILES string of the molecule is CSCCC(C)NC(=O)C(N)CC(C)C. The van der Waals surface area contributed by atoms with Gasteiger partial charge in [0, 0.05) is 6.04 Å². The minimum Gasteiger partial charge on any atom is -0.352 e. The van der Waals surface area contributed by atoms with Crippen LogP contribution in [0.5, 0.6) is 0 Å². The van der Waals surface area contributed by atoms with Gasteiger partial charge in [0.1, 0.15) is 0 Å². The van der Waals surface area contributed by atoms with Crippen LogP contribution in [0.15, 0.2) is 0 Å². The first-order chi connectivity index (χ1) is 6.97. The summed E-state index contributed by atoms with van der Waals surface area (Å²) in [5, 5.41) is 2.94. The molecule has 0 spiro atoms. The average molecular weight is 232 g/mol. The molecule has 0 bridgehead atoms. The quantitative estimate of drug-likeness (QED) is 0.701. The number of rotatable bonds is 7. The van der Waals surface area contributed by atoms with Gasteiger partial charge >= 0.3 is 0 Å². The molecule has 0 aromatic carbocycles. The van der Waals surface area contributed by atoms with Crippen molar-refractivity contribution in [2.45, 2.75) is 45.7 Å². The number of nitrogens with two attached hydrogens (primary N) is 1. The standard InChI is InChI=1S/C11H24N2OS/c1-8(2)7-10(12)11(14)13-9(3)5-6-15-4/h8-10H,5-7,12H2,1-4H3,(H,13,14). The zero-order valence-corrected chi connectivity index (χ0v) is 11.1. The van der Waals surface area contributed by atoms with E-state index < -0.39 is 0 Å². The third kappa shape index (κ3) is 7.68. The van der Waals surface area contributed by atoms with Crippen LogP contribution in [0.25, 0.3) is 0 Å². The molecule has 0 aromatic rings. The lowest BCUT2D eigenvalue weighted by atomic mass is 10.0. The molecule has 0 heterocycles. The van der Waals surface area contributed by atoms with E-state index in [1.54, 1.807) is 11.8 Å². The maximum Gasteiger partial charge on any atom is 0.237 e. The van der Waals surface area contributed by atoms with Crippen LogP contribution in [-0.2, 0) is 4.79 Å². The molecule has 2 unspecified atom stereocenters. The predicted molar refractivity (Wildman–Crippen MR) is 68.0 cm³/mol. The lowest BCUT2D eigenvalue weighted by Crippen LogP contribution is -2.45. The molecule has 0 aliphatic rings. The Bertz CT molecular complexity index is 185. The van der Waals surface area contributed by atoms with Gasteiger partial charge in [0.2, 0.25) is 5.91 Å². The maximum absolute atomic E-state index is 11.6. The first kappa shape index (κ1) is 14.8. The highest BCUT2D eigenvalue weighted by Crippen LogP contribution is 2.04. The average Bonchev–Trinajstić information content (AvgIpc) is 2.13. The Kier molecular flexibility index (Phi) is 7.88. The Balaban J connectivity index is 3.80. The Morgan fingerprint density at radius 2 is 2.00 bits per heavy atom. The summed E-state index contributed by atoms with van der Waals surface area (Å²) in [6.07, 6.45) is 3.82. The Morgan fingerprint density at radius 3 is 2.47 bits per heavy atom. The first-order valence-corrected chi connectivity index (χ1v) is 6.91. The van der Waals surface area contributed by atoms with E-state index in [9.17, 15) is 4.79 Å². The van der Waals surface area contributed by atoms with E-state index in [0.29, 0.717) is 5.92 Å². The molecule has 90 valence electrons. The minimum atomic E-state index is -0.360. The van der Waals surface area contributed by atoms with Crippen molar-refractivity contribution in [2.24, 2.45) is 11.7 Å². The van der Waals surface area contributed by atoms with Crippen LogP contribution in [0, 0.1) is 5.92 Å². The van der Waals surface area contributed by atoms with E-state index in [2.05, 4.69) is 25.4 Å². The lowest BCUT2D eigenvalue weighted by molar-refractivity contribution is -0.123. The second-order valence-corrected chi connectivity index (χ2v) is 5.41. The number of carbonyl (C=O) groups is 1. The highest BCUT2D eigenvalue weighted by atomic mass is 32.2. The number of carbonyl (C=O) groups excluding carboxylic acids is 1. The summed E-state index contributed by atoms with van der Waals surface area (Å²) < 4.78 is 0. The minimum absolute atomic E-state index is 0.0164. The zero-order valence-electron chi connectivity index (χ0n) is 10.2. The third-order valence-corrected chi connectivity index (χ3v) is 2.85. The van der Waals surface area contributed by atoms with Crippen LogP contribution in [0.3, 0.4) is 0 Å². The molecular weight excluding hydrogens is 208 g/mol. The van der Waals surface area contributed by atoms with Gasteiger partial charge in [0.15, 0.2) is 0 Å². The van der Waals surface area contributed by atoms with Crippen LogP contribution < -0.4 is 11.1 Å². The van der Waals surface area contributed by atoms with Crippen LogP contribution in [0.2, 0.25) is 0 Å². The molecule has 3 N–H and O–H groups in total. The number of hydrogen-bond donors (Lipinski definition) is 2. The fourth-order valence-electron chi connectivity index (χ4n) is 1.33. The van der Waals surface area contributed by atoms with Crippen LogP contribution in [0.1, 0.15) is 33.6 Å². The molecule has 3 nitrogen and oxygen atoms in total. The van der Waals surface area contributed by atoms with E-state index in [1.165, 1.54) is 0 Å². The summed E-state index contributed by atoms with van der Waals surface area (Å²) in [5.41, 5.74) is 5.78. The molecule has 0 saturated heterocycles. The number of nitrogens with one attached hydrogen (secondary N) is 1. The summed E-state index contributed by atoms with van der Waals surface area (Å²) in [7, 11) is 0. The molecule has 0 aromatic heterocycles. The Morgan fingerprint density at radius 1 is 1.40 bits per heavy atom. The normalized spacial score (nSPS) is 15.1. The third-order valence-electron chi connectivity index (χ3n) is 2.21. The van der Waals surface area contributed by atoms with Gasteiger partial charge in [-0.25, -0.2) is 0 Å². The number of amides is 1. The van der Waals surface area contributed by atoms with Gasteiger partial charge in [-0.2, -0.15) is 11.8 Å². The second kappa shape index (κ2) is 7.99. The topological polar surface area (TPSA) is 55.1 Å². The summed E-state index contributed by atoms with van der Waals surface area (Å²) in [6, 6.07) is -0.134. The fourth-order valence-corrected chi connectivity index (χ4v) is 1.92. The van der Waals surface area contributed by atoms with Crippen molar-refractivity contribution in [3.05, 3.63) is 0 Å².